The van der Waals surface area contributed by atoms with Crippen LogP contribution in [0.25, 0.3) is 11.0 Å². The van der Waals surface area contributed by atoms with Crippen LogP contribution in [-0.4, -0.2) is 33.4 Å². The highest BCUT2D eigenvalue weighted by molar-refractivity contribution is 5.78. The molecule has 1 aromatic heterocycles. The Morgan fingerprint density at radius 3 is 2.92 bits per heavy atom. The molecular formula is C20H21N3O2. The van der Waals surface area contributed by atoms with Gasteiger partial charge in [-0.25, -0.2) is 4.98 Å². The molecule has 0 radical (unpaired) electrons. The molecule has 25 heavy (non-hydrogen) atoms. The summed E-state index contributed by atoms with van der Waals surface area (Å²) in [5.41, 5.74) is 3.01. The molecule has 0 spiro atoms. The van der Waals surface area contributed by atoms with Gasteiger partial charge in [0.25, 0.3) is 0 Å². The zero-order valence-corrected chi connectivity index (χ0v) is 14.2. The number of H-pyrrole nitrogens is 1. The molecule has 0 aliphatic carbocycles. The van der Waals surface area contributed by atoms with Crippen molar-refractivity contribution >= 4 is 16.9 Å². The molecule has 3 aromatic rings. The Bertz CT molecular complexity index is 870. The maximum absolute atomic E-state index is 12.8. The molecule has 0 saturated carbocycles. The Morgan fingerprint density at radius 1 is 1.24 bits per heavy atom. The van der Waals surface area contributed by atoms with Gasteiger partial charge < -0.3 is 14.6 Å². The number of carbonyl (C=O) groups is 1. The largest absolute Gasteiger partial charge is 0.491 e. The van der Waals surface area contributed by atoms with Crippen LogP contribution in [0.3, 0.4) is 0 Å². The summed E-state index contributed by atoms with van der Waals surface area (Å²) in [5.74, 6) is 1.86. The van der Waals surface area contributed by atoms with Crippen LogP contribution in [0.15, 0.2) is 48.5 Å². The molecule has 1 aliphatic rings. The fourth-order valence-corrected chi connectivity index (χ4v) is 3.24. The molecule has 0 fully saturated rings. The number of nitrogens with zero attached hydrogens (tertiary/aromatic N) is 2. The van der Waals surface area contributed by atoms with E-state index in [-0.39, 0.29) is 11.9 Å². The summed E-state index contributed by atoms with van der Waals surface area (Å²) in [7, 11) is 0. The predicted molar refractivity (Wildman–Crippen MR) is 96.4 cm³/mol. The number of para-hydroxylation sites is 3. The van der Waals surface area contributed by atoms with Crippen molar-refractivity contribution in [2.75, 3.05) is 6.61 Å². The third-order valence-corrected chi connectivity index (χ3v) is 4.66. The van der Waals surface area contributed by atoms with Crippen molar-refractivity contribution in [3.05, 3.63) is 59.9 Å². The van der Waals surface area contributed by atoms with Crippen LogP contribution in [0.4, 0.5) is 0 Å². The maximum Gasteiger partial charge on any atom is 0.223 e. The van der Waals surface area contributed by atoms with E-state index in [4.69, 9.17) is 4.74 Å². The first-order valence-corrected chi connectivity index (χ1v) is 8.64. The van der Waals surface area contributed by atoms with Crippen molar-refractivity contribution in [3.8, 4) is 5.75 Å². The monoisotopic (exact) mass is 335 g/mol. The first kappa shape index (κ1) is 15.7. The second kappa shape index (κ2) is 6.59. The van der Waals surface area contributed by atoms with Gasteiger partial charge in [0, 0.05) is 24.9 Å². The van der Waals surface area contributed by atoms with Gasteiger partial charge in [-0.3, -0.25) is 4.79 Å². The number of imidazole rings is 1. The third-order valence-electron chi connectivity index (χ3n) is 4.66. The number of rotatable bonds is 3. The molecule has 0 saturated heterocycles. The molecule has 0 bridgehead atoms. The summed E-state index contributed by atoms with van der Waals surface area (Å²) in [6.45, 7) is 3.15. The summed E-state index contributed by atoms with van der Waals surface area (Å²) >= 11 is 0. The number of aromatic amines is 1. The van der Waals surface area contributed by atoms with Crippen LogP contribution in [-0.2, 0) is 17.8 Å². The van der Waals surface area contributed by atoms with Crippen LogP contribution in [0.1, 0.15) is 24.7 Å². The normalized spacial score (nSPS) is 17.0. The standard InChI is InChI=1S/C20H21N3O2/c1-14-13-25-18-9-5-2-6-15(18)12-23(14)20(24)11-10-19-21-16-7-3-4-8-17(16)22-19/h2-9,14H,10-13H2,1H3,(H,21,22). The van der Waals surface area contributed by atoms with Gasteiger partial charge in [0.2, 0.25) is 5.91 Å². The second-order valence-corrected chi connectivity index (χ2v) is 6.49. The van der Waals surface area contributed by atoms with E-state index in [2.05, 4.69) is 9.97 Å². The third kappa shape index (κ3) is 3.22. The average Bonchev–Trinajstić information content (AvgIpc) is 2.98. The van der Waals surface area contributed by atoms with Crippen molar-refractivity contribution in [2.45, 2.75) is 32.4 Å². The van der Waals surface area contributed by atoms with E-state index in [9.17, 15) is 4.79 Å². The van der Waals surface area contributed by atoms with Gasteiger partial charge >= 0.3 is 0 Å². The molecule has 1 amide bonds. The van der Waals surface area contributed by atoms with Gasteiger partial charge in [-0.15, -0.1) is 0 Å². The maximum atomic E-state index is 12.8. The highest BCUT2D eigenvalue weighted by Crippen LogP contribution is 2.25. The summed E-state index contributed by atoms with van der Waals surface area (Å²) in [5, 5.41) is 0. The van der Waals surface area contributed by atoms with Crippen LogP contribution in [0.5, 0.6) is 5.75 Å². The summed E-state index contributed by atoms with van der Waals surface area (Å²) in [6, 6.07) is 15.9. The SMILES string of the molecule is CC1COc2ccccc2CN1C(=O)CCc1nc2ccccc2[nH]1. The minimum atomic E-state index is 0.0515. The van der Waals surface area contributed by atoms with Gasteiger partial charge in [0.15, 0.2) is 0 Å². The molecule has 5 heteroatoms. The van der Waals surface area contributed by atoms with Crippen LogP contribution in [0, 0.1) is 0 Å². The Kier molecular flexibility index (Phi) is 4.14. The van der Waals surface area contributed by atoms with E-state index in [1.54, 1.807) is 0 Å². The number of hydrogen-bond acceptors (Lipinski definition) is 3. The number of carbonyl (C=O) groups excluding carboxylic acids is 1. The lowest BCUT2D eigenvalue weighted by Crippen LogP contribution is -2.40. The number of aromatic nitrogens is 2. The van der Waals surface area contributed by atoms with Crippen LogP contribution in [0.2, 0.25) is 0 Å². The van der Waals surface area contributed by atoms with E-state index < -0.39 is 0 Å². The van der Waals surface area contributed by atoms with E-state index in [1.165, 1.54) is 0 Å². The number of benzene rings is 2. The van der Waals surface area contributed by atoms with Crippen molar-refractivity contribution in [1.29, 1.82) is 0 Å². The smallest absolute Gasteiger partial charge is 0.223 e. The highest BCUT2D eigenvalue weighted by Gasteiger charge is 2.25. The van der Waals surface area contributed by atoms with Crippen molar-refractivity contribution in [1.82, 2.24) is 14.9 Å². The minimum Gasteiger partial charge on any atom is -0.491 e. The Morgan fingerprint density at radius 2 is 2.04 bits per heavy atom. The molecule has 1 atom stereocenters. The molecule has 1 unspecified atom stereocenters. The number of hydrogen-bond donors (Lipinski definition) is 1. The fraction of sp³-hybridized carbons (Fsp3) is 0.300. The van der Waals surface area contributed by atoms with Gasteiger partial charge in [0.05, 0.1) is 17.1 Å². The van der Waals surface area contributed by atoms with Gasteiger partial charge in [0.1, 0.15) is 18.2 Å². The zero-order chi connectivity index (χ0) is 17.2. The molecule has 5 nitrogen and oxygen atoms in total. The van der Waals surface area contributed by atoms with Gasteiger partial charge in [-0.2, -0.15) is 0 Å². The number of nitrogens with one attached hydrogen (secondary N) is 1. The van der Waals surface area contributed by atoms with Crippen LogP contribution >= 0.6 is 0 Å². The van der Waals surface area contributed by atoms with Crippen molar-refractivity contribution in [2.24, 2.45) is 0 Å². The summed E-state index contributed by atoms with van der Waals surface area (Å²) in [4.78, 5) is 22.5. The molecular weight excluding hydrogens is 314 g/mol. The van der Waals surface area contributed by atoms with Crippen molar-refractivity contribution < 1.29 is 9.53 Å². The number of ether oxygens (including phenoxy) is 1. The zero-order valence-electron chi connectivity index (χ0n) is 14.2. The summed E-state index contributed by atoms with van der Waals surface area (Å²) < 4.78 is 5.83. The lowest BCUT2D eigenvalue weighted by Gasteiger charge is -2.26. The lowest BCUT2D eigenvalue weighted by atomic mass is 10.1. The molecule has 1 N–H and O–H groups in total. The first-order chi connectivity index (χ1) is 12.2. The lowest BCUT2D eigenvalue weighted by molar-refractivity contribution is -0.134. The van der Waals surface area contributed by atoms with E-state index >= 15 is 0 Å². The van der Waals surface area contributed by atoms with Gasteiger partial charge in [-0.05, 0) is 25.1 Å². The number of aryl methyl sites for hydroxylation is 1. The van der Waals surface area contributed by atoms with E-state index in [0.29, 0.717) is 26.0 Å². The van der Waals surface area contributed by atoms with Gasteiger partial charge in [-0.1, -0.05) is 30.3 Å². The molecule has 1 aliphatic heterocycles. The fourth-order valence-electron chi connectivity index (χ4n) is 3.24. The quantitative estimate of drug-likeness (QED) is 0.799. The predicted octanol–water partition coefficient (Wildman–Crippen LogP) is 3.31. The molecule has 128 valence electrons. The highest BCUT2D eigenvalue weighted by atomic mass is 16.5. The number of fused-ring (bicyclic) bond motifs is 2. The van der Waals surface area contributed by atoms with Crippen LogP contribution < -0.4 is 4.74 Å². The topological polar surface area (TPSA) is 58.2 Å². The Balaban J connectivity index is 1.46. The van der Waals surface area contributed by atoms with E-state index in [1.807, 2.05) is 60.4 Å². The summed E-state index contributed by atoms with van der Waals surface area (Å²) in [6.07, 6.45) is 1.05. The second-order valence-electron chi connectivity index (χ2n) is 6.49. The molecule has 2 aromatic carbocycles. The molecule has 4 rings (SSSR count). The molecule has 2 heterocycles. The Labute approximate surface area is 146 Å². The Hall–Kier alpha value is -2.82. The number of amides is 1. The minimum absolute atomic E-state index is 0.0515. The van der Waals surface area contributed by atoms with E-state index in [0.717, 1.165) is 28.2 Å². The average molecular weight is 335 g/mol. The van der Waals surface area contributed by atoms with Crippen molar-refractivity contribution in [3.63, 3.8) is 0 Å². The first-order valence-electron chi connectivity index (χ1n) is 8.64.